The molecule has 1 fully saturated rings. The van der Waals surface area contributed by atoms with Crippen LogP contribution in [0.1, 0.15) is 6.92 Å². The maximum Gasteiger partial charge on any atom is 0.183 e. The molecule has 0 bridgehead atoms. The molecule has 0 aromatic rings. The lowest BCUT2D eigenvalue weighted by Crippen LogP contribution is -2.66. The lowest BCUT2D eigenvalue weighted by Gasteiger charge is -2.43. The Morgan fingerprint density at radius 1 is 1.00 bits per heavy atom. The highest BCUT2D eigenvalue weighted by atomic mass is 16.6. The molecule has 0 saturated carbocycles. The van der Waals surface area contributed by atoms with Gasteiger partial charge in [-0.1, -0.05) is 6.08 Å². The molecule has 0 aromatic heterocycles. The molecule has 0 radical (unpaired) electrons. The average Bonchev–Trinajstić information content (AvgIpc) is 2.49. The monoisotopic (exact) mass is 321 g/mol. The van der Waals surface area contributed by atoms with E-state index in [1.54, 1.807) is 6.92 Å². The van der Waals surface area contributed by atoms with Gasteiger partial charge in [-0.05, 0) is 12.5 Å². The Kier molecular flexibility index (Phi) is 5.54. The van der Waals surface area contributed by atoms with Crippen molar-refractivity contribution in [2.75, 3.05) is 6.61 Å². The van der Waals surface area contributed by atoms with Crippen LogP contribution in [-0.2, 0) is 4.74 Å². The van der Waals surface area contributed by atoms with Gasteiger partial charge in [0.25, 0.3) is 0 Å². The van der Waals surface area contributed by atoms with Gasteiger partial charge in [0.05, 0.1) is 24.8 Å². The molecule has 9 heteroatoms. The normalized spacial score (nSPS) is 49.8. The largest absolute Gasteiger partial charge is 0.392 e. The summed E-state index contributed by atoms with van der Waals surface area (Å²) in [4.78, 5) is 0. The minimum atomic E-state index is -1.52. The molecule has 22 heavy (non-hydrogen) atoms. The summed E-state index contributed by atoms with van der Waals surface area (Å²) in [6.45, 7) is 1.07. The second kappa shape index (κ2) is 6.87. The van der Waals surface area contributed by atoms with Crippen molar-refractivity contribution in [3.05, 3.63) is 11.6 Å². The molecule has 8 N–H and O–H groups in total. The van der Waals surface area contributed by atoms with E-state index in [0.717, 1.165) is 0 Å². The van der Waals surface area contributed by atoms with Gasteiger partial charge in [0.2, 0.25) is 0 Å². The summed E-state index contributed by atoms with van der Waals surface area (Å²) in [6, 6.07) is -1.72. The number of ether oxygens (including phenoxy) is 1. The van der Waals surface area contributed by atoms with Gasteiger partial charge in [-0.2, -0.15) is 0 Å². The van der Waals surface area contributed by atoms with E-state index in [4.69, 9.17) is 4.74 Å². The first kappa shape index (κ1) is 17.7. The van der Waals surface area contributed by atoms with Crippen LogP contribution in [0.5, 0.6) is 0 Å². The summed E-state index contributed by atoms with van der Waals surface area (Å²) in [6.07, 6.45) is -7.99. The van der Waals surface area contributed by atoms with Gasteiger partial charge < -0.3 is 45.8 Å². The highest BCUT2D eigenvalue weighted by Gasteiger charge is 2.45. The predicted octanol–water partition coefficient (Wildman–Crippen LogP) is -4.21. The molecule has 0 spiro atoms. The van der Waals surface area contributed by atoms with Gasteiger partial charge in [-0.15, -0.1) is 0 Å². The van der Waals surface area contributed by atoms with E-state index >= 15 is 0 Å². The van der Waals surface area contributed by atoms with Crippen LogP contribution in [0, 0.1) is 0 Å². The first-order chi connectivity index (χ1) is 10.3. The van der Waals surface area contributed by atoms with Crippen LogP contribution in [0.25, 0.3) is 0 Å². The zero-order valence-corrected chi connectivity index (χ0v) is 12.0. The summed E-state index contributed by atoms with van der Waals surface area (Å²) in [5.41, 5.74) is 0.134. The number of aliphatic hydroxyl groups excluding tert-OH is 7. The average molecular weight is 321 g/mol. The Morgan fingerprint density at radius 2 is 1.64 bits per heavy atom. The summed E-state index contributed by atoms with van der Waals surface area (Å²) in [5, 5.41) is 70.6. The molecular weight excluding hydrogens is 298 g/mol. The number of rotatable bonds is 3. The first-order valence-corrected chi connectivity index (χ1v) is 7.09. The van der Waals surface area contributed by atoms with Gasteiger partial charge in [0.15, 0.2) is 6.29 Å². The second-order valence-corrected chi connectivity index (χ2v) is 5.76. The molecule has 2 aliphatic rings. The number of aliphatic hydroxyl groups is 7. The summed E-state index contributed by atoms with van der Waals surface area (Å²) in [5.74, 6) is 0. The zero-order chi connectivity index (χ0) is 16.6. The van der Waals surface area contributed by atoms with E-state index in [0.29, 0.717) is 0 Å². The van der Waals surface area contributed by atoms with Gasteiger partial charge in [-0.25, -0.2) is 0 Å². The van der Waals surface area contributed by atoms with Gasteiger partial charge in [0, 0.05) is 0 Å². The van der Waals surface area contributed by atoms with Crippen molar-refractivity contribution < 1.29 is 40.5 Å². The van der Waals surface area contributed by atoms with E-state index in [2.05, 4.69) is 5.32 Å². The van der Waals surface area contributed by atoms with Crippen molar-refractivity contribution in [1.82, 2.24) is 5.32 Å². The maximum absolute atomic E-state index is 10.0. The second-order valence-electron chi connectivity index (χ2n) is 5.76. The maximum atomic E-state index is 10.0. The Labute approximate surface area is 127 Å². The van der Waals surface area contributed by atoms with Gasteiger partial charge in [-0.3, -0.25) is 0 Å². The predicted molar refractivity (Wildman–Crippen MR) is 72.5 cm³/mol. The third-order valence-corrected chi connectivity index (χ3v) is 4.25. The minimum Gasteiger partial charge on any atom is -0.392 e. The lowest BCUT2D eigenvalue weighted by molar-refractivity contribution is -0.254. The summed E-state index contributed by atoms with van der Waals surface area (Å²) in [7, 11) is 0. The molecule has 9 atom stereocenters. The van der Waals surface area contributed by atoms with Gasteiger partial charge >= 0.3 is 0 Å². The molecule has 2 rings (SSSR count). The van der Waals surface area contributed by atoms with Gasteiger partial charge in [0.1, 0.15) is 30.5 Å². The van der Waals surface area contributed by atoms with E-state index in [1.807, 2.05) is 0 Å². The minimum absolute atomic E-state index is 0.134. The molecule has 0 amide bonds. The quantitative estimate of drug-likeness (QED) is 0.241. The van der Waals surface area contributed by atoms with Crippen molar-refractivity contribution in [1.29, 1.82) is 0 Å². The van der Waals surface area contributed by atoms with E-state index < -0.39 is 61.6 Å². The highest BCUT2D eigenvalue weighted by Crippen LogP contribution is 2.24. The van der Waals surface area contributed by atoms with Crippen molar-refractivity contribution in [3.63, 3.8) is 0 Å². The SMILES string of the molecule is C[C@H]1O[C@@H](O)[C@H](O)[C@@H](O)[C@@H]1N[C@H]1C=C(CO)[C@H](O)[C@H](O)[C@H]1O. The number of hydrogen-bond acceptors (Lipinski definition) is 9. The Bertz CT molecular complexity index is 419. The zero-order valence-electron chi connectivity index (χ0n) is 12.0. The molecule has 128 valence electrons. The topological polar surface area (TPSA) is 163 Å². The standard InChI is InChI=1S/C13H23NO8/c1-4-7(10(18)12(20)13(21)22-4)14-6-2-5(3-15)8(16)11(19)9(6)17/h2,4,6-21H,3H2,1H3/t4-,6+,7-,8+,9+,10+,11+,12-,13-/m1/s1. The third-order valence-electron chi connectivity index (χ3n) is 4.25. The van der Waals surface area contributed by atoms with Crippen LogP contribution < -0.4 is 5.32 Å². The molecular formula is C13H23NO8. The molecule has 0 unspecified atom stereocenters. The fourth-order valence-corrected chi connectivity index (χ4v) is 2.84. The smallest absolute Gasteiger partial charge is 0.183 e. The van der Waals surface area contributed by atoms with E-state index in [9.17, 15) is 35.7 Å². The molecule has 1 aliphatic carbocycles. The van der Waals surface area contributed by atoms with Crippen LogP contribution in [0.15, 0.2) is 11.6 Å². The van der Waals surface area contributed by atoms with Crippen molar-refractivity contribution in [3.8, 4) is 0 Å². The van der Waals surface area contributed by atoms with Crippen LogP contribution in [-0.4, -0.2) is 97.4 Å². The van der Waals surface area contributed by atoms with Crippen LogP contribution >= 0.6 is 0 Å². The molecule has 1 heterocycles. The van der Waals surface area contributed by atoms with Crippen LogP contribution in [0.4, 0.5) is 0 Å². The summed E-state index contributed by atoms with van der Waals surface area (Å²) < 4.78 is 5.08. The molecule has 1 saturated heterocycles. The molecule has 9 nitrogen and oxygen atoms in total. The highest BCUT2D eigenvalue weighted by molar-refractivity contribution is 5.22. The fraction of sp³-hybridized carbons (Fsp3) is 0.846. The van der Waals surface area contributed by atoms with Crippen LogP contribution in [0.2, 0.25) is 0 Å². The number of nitrogens with one attached hydrogen (secondary N) is 1. The Morgan fingerprint density at radius 3 is 2.23 bits per heavy atom. The van der Waals surface area contributed by atoms with E-state index in [1.165, 1.54) is 6.08 Å². The first-order valence-electron chi connectivity index (χ1n) is 7.09. The number of hydrogen-bond donors (Lipinski definition) is 8. The van der Waals surface area contributed by atoms with Crippen molar-refractivity contribution in [2.24, 2.45) is 0 Å². The third kappa shape index (κ3) is 3.18. The lowest BCUT2D eigenvalue weighted by atomic mass is 9.86. The Hall–Kier alpha value is -0.620. The van der Waals surface area contributed by atoms with Crippen molar-refractivity contribution in [2.45, 2.75) is 61.9 Å². The van der Waals surface area contributed by atoms with E-state index in [-0.39, 0.29) is 5.57 Å². The summed E-state index contributed by atoms with van der Waals surface area (Å²) >= 11 is 0. The van der Waals surface area contributed by atoms with Crippen LogP contribution in [0.3, 0.4) is 0 Å². The fourth-order valence-electron chi connectivity index (χ4n) is 2.84. The Balaban J connectivity index is 2.16. The van der Waals surface area contributed by atoms with Crippen molar-refractivity contribution >= 4 is 0 Å². The molecule has 0 aromatic carbocycles. The molecule has 1 aliphatic heterocycles.